The summed E-state index contributed by atoms with van der Waals surface area (Å²) in [6.07, 6.45) is 1.70. The van der Waals surface area contributed by atoms with E-state index in [4.69, 9.17) is 9.84 Å². The van der Waals surface area contributed by atoms with E-state index >= 15 is 0 Å². The summed E-state index contributed by atoms with van der Waals surface area (Å²) in [6.45, 7) is 6.96. The summed E-state index contributed by atoms with van der Waals surface area (Å²) in [5.41, 5.74) is 0. The fourth-order valence-electron chi connectivity index (χ4n) is 1.89. The molecular weight excluding hydrogens is 208 g/mol. The van der Waals surface area contributed by atoms with Gasteiger partial charge in [-0.2, -0.15) is 0 Å². The van der Waals surface area contributed by atoms with Crippen LogP contribution in [0.5, 0.6) is 0 Å². The maximum atomic E-state index is 10.9. The Kier molecular flexibility index (Phi) is 6.37. The minimum atomic E-state index is -0.757. The van der Waals surface area contributed by atoms with Gasteiger partial charge in [0.1, 0.15) is 6.04 Å². The summed E-state index contributed by atoms with van der Waals surface area (Å²) in [5, 5.41) is 12.0. The lowest BCUT2D eigenvalue weighted by Crippen LogP contribution is -2.40. The zero-order chi connectivity index (χ0) is 11.8. The quantitative estimate of drug-likeness (QED) is 0.680. The van der Waals surface area contributed by atoms with Crippen molar-refractivity contribution in [2.45, 2.75) is 25.8 Å². The van der Waals surface area contributed by atoms with E-state index in [-0.39, 0.29) is 0 Å². The molecule has 1 rings (SSSR count). The summed E-state index contributed by atoms with van der Waals surface area (Å²) in [6, 6.07) is -0.422. The molecule has 2 N–H and O–H groups in total. The van der Waals surface area contributed by atoms with Gasteiger partial charge in [0.25, 0.3) is 0 Å². The van der Waals surface area contributed by atoms with Crippen LogP contribution in [-0.4, -0.2) is 61.4 Å². The van der Waals surface area contributed by atoms with Crippen LogP contribution >= 0.6 is 0 Å². The third-order valence-electron chi connectivity index (χ3n) is 2.80. The van der Waals surface area contributed by atoms with E-state index in [1.165, 1.54) is 0 Å². The predicted molar refractivity (Wildman–Crippen MR) is 61.6 cm³/mol. The minimum Gasteiger partial charge on any atom is -0.480 e. The van der Waals surface area contributed by atoms with Gasteiger partial charge in [0, 0.05) is 26.2 Å². The number of ether oxygens (including phenoxy) is 1. The molecule has 5 heteroatoms. The topological polar surface area (TPSA) is 61.8 Å². The normalized spacial score (nSPS) is 20.3. The number of carbonyl (C=O) groups is 1. The largest absolute Gasteiger partial charge is 0.480 e. The van der Waals surface area contributed by atoms with Crippen molar-refractivity contribution in [2.24, 2.45) is 0 Å². The van der Waals surface area contributed by atoms with E-state index in [0.29, 0.717) is 13.0 Å². The number of nitrogens with one attached hydrogen (secondary N) is 1. The number of nitrogens with zero attached hydrogens (tertiary/aromatic N) is 1. The second-order valence-corrected chi connectivity index (χ2v) is 4.04. The van der Waals surface area contributed by atoms with Crippen LogP contribution in [0.15, 0.2) is 0 Å². The Labute approximate surface area is 96.8 Å². The van der Waals surface area contributed by atoms with Gasteiger partial charge in [-0.1, -0.05) is 6.92 Å². The highest BCUT2D eigenvalue weighted by atomic mass is 16.5. The monoisotopic (exact) mass is 230 g/mol. The number of hydrogen-bond donors (Lipinski definition) is 2. The van der Waals surface area contributed by atoms with Gasteiger partial charge in [-0.3, -0.25) is 4.79 Å². The average molecular weight is 230 g/mol. The van der Waals surface area contributed by atoms with Gasteiger partial charge in [0.2, 0.25) is 0 Å². The van der Waals surface area contributed by atoms with Crippen molar-refractivity contribution in [3.05, 3.63) is 0 Å². The van der Waals surface area contributed by atoms with E-state index in [2.05, 4.69) is 10.2 Å². The predicted octanol–water partition coefficient (Wildman–Crippen LogP) is 0.162. The lowest BCUT2D eigenvalue weighted by molar-refractivity contribution is -0.139. The van der Waals surface area contributed by atoms with Crippen molar-refractivity contribution >= 4 is 5.97 Å². The number of aliphatic carboxylic acids is 1. The van der Waals surface area contributed by atoms with Crippen LogP contribution < -0.4 is 5.32 Å². The van der Waals surface area contributed by atoms with Crippen molar-refractivity contribution in [3.8, 4) is 0 Å². The SMILES string of the molecule is CCNC(CCN1CCCOCC1)C(=O)O. The van der Waals surface area contributed by atoms with Gasteiger partial charge in [0.05, 0.1) is 6.61 Å². The molecule has 0 aromatic rings. The van der Waals surface area contributed by atoms with Crippen molar-refractivity contribution in [2.75, 3.05) is 39.4 Å². The van der Waals surface area contributed by atoms with Gasteiger partial charge in [0.15, 0.2) is 0 Å². The first-order valence-electron chi connectivity index (χ1n) is 6.00. The first kappa shape index (κ1) is 13.4. The standard InChI is InChI=1S/C11H22N2O3/c1-2-12-10(11(14)15)4-6-13-5-3-8-16-9-7-13/h10,12H,2-9H2,1H3,(H,14,15). The molecule has 0 aromatic heterocycles. The van der Waals surface area contributed by atoms with Crippen LogP contribution in [0.4, 0.5) is 0 Å². The molecule has 0 bridgehead atoms. The number of likely N-dealkylation sites (N-methyl/N-ethyl adjacent to an activating group) is 1. The molecule has 0 aromatic carbocycles. The molecule has 0 radical (unpaired) electrons. The Morgan fingerprint density at radius 1 is 1.50 bits per heavy atom. The van der Waals surface area contributed by atoms with Crippen LogP contribution in [0.25, 0.3) is 0 Å². The van der Waals surface area contributed by atoms with E-state index in [1.807, 2.05) is 6.92 Å². The third-order valence-corrected chi connectivity index (χ3v) is 2.80. The van der Waals surface area contributed by atoms with Crippen LogP contribution in [0, 0.1) is 0 Å². The number of rotatable bonds is 6. The maximum absolute atomic E-state index is 10.9. The zero-order valence-electron chi connectivity index (χ0n) is 9.95. The van der Waals surface area contributed by atoms with Gasteiger partial charge in [-0.05, 0) is 19.4 Å². The summed E-state index contributed by atoms with van der Waals surface area (Å²) in [7, 11) is 0. The van der Waals surface area contributed by atoms with Crippen molar-refractivity contribution < 1.29 is 14.6 Å². The van der Waals surface area contributed by atoms with E-state index in [0.717, 1.165) is 39.3 Å². The zero-order valence-corrected chi connectivity index (χ0v) is 9.95. The van der Waals surface area contributed by atoms with Gasteiger partial charge in [-0.15, -0.1) is 0 Å². The summed E-state index contributed by atoms with van der Waals surface area (Å²) >= 11 is 0. The molecule has 1 aliphatic rings. The molecule has 1 fully saturated rings. The smallest absolute Gasteiger partial charge is 0.320 e. The van der Waals surface area contributed by atoms with Crippen LogP contribution in [0.2, 0.25) is 0 Å². The number of hydrogen-bond acceptors (Lipinski definition) is 4. The van der Waals surface area contributed by atoms with Gasteiger partial charge in [-0.25, -0.2) is 0 Å². The Morgan fingerprint density at radius 3 is 3.00 bits per heavy atom. The van der Waals surface area contributed by atoms with Crippen molar-refractivity contribution in [1.29, 1.82) is 0 Å². The second-order valence-electron chi connectivity index (χ2n) is 4.04. The summed E-state index contributed by atoms with van der Waals surface area (Å²) in [5.74, 6) is -0.757. The average Bonchev–Trinajstić information content (AvgIpc) is 2.52. The first-order valence-corrected chi connectivity index (χ1v) is 6.00. The highest BCUT2D eigenvalue weighted by Gasteiger charge is 2.17. The molecule has 94 valence electrons. The molecule has 1 atom stereocenters. The Morgan fingerprint density at radius 2 is 2.31 bits per heavy atom. The molecule has 1 saturated heterocycles. The highest BCUT2D eigenvalue weighted by Crippen LogP contribution is 2.02. The molecule has 0 amide bonds. The Bertz CT molecular complexity index is 203. The second kappa shape index (κ2) is 7.60. The van der Waals surface area contributed by atoms with E-state index < -0.39 is 12.0 Å². The maximum Gasteiger partial charge on any atom is 0.320 e. The summed E-state index contributed by atoms with van der Waals surface area (Å²) in [4.78, 5) is 13.2. The molecule has 0 saturated carbocycles. The molecule has 16 heavy (non-hydrogen) atoms. The highest BCUT2D eigenvalue weighted by molar-refractivity contribution is 5.73. The Balaban J connectivity index is 2.26. The molecule has 1 heterocycles. The first-order chi connectivity index (χ1) is 7.74. The molecule has 1 unspecified atom stereocenters. The fourth-order valence-corrected chi connectivity index (χ4v) is 1.89. The minimum absolute atomic E-state index is 0.422. The molecule has 0 spiro atoms. The summed E-state index contributed by atoms with van der Waals surface area (Å²) < 4.78 is 5.35. The van der Waals surface area contributed by atoms with Gasteiger partial charge >= 0.3 is 5.97 Å². The van der Waals surface area contributed by atoms with Gasteiger partial charge < -0.3 is 20.1 Å². The van der Waals surface area contributed by atoms with E-state index in [9.17, 15) is 4.79 Å². The van der Waals surface area contributed by atoms with E-state index in [1.54, 1.807) is 0 Å². The molecule has 0 aliphatic carbocycles. The van der Waals surface area contributed by atoms with Crippen molar-refractivity contribution in [1.82, 2.24) is 10.2 Å². The van der Waals surface area contributed by atoms with Crippen molar-refractivity contribution in [3.63, 3.8) is 0 Å². The lowest BCUT2D eigenvalue weighted by atomic mass is 10.2. The molecular formula is C11H22N2O3. The lowest BCUT2D eigenvalue weighted by Gasteiger charge is -2.21. The van der Waals surface area contributed by atoms with Crippen LogP contribution in [0.1, 0.15) is 19.8 Å². The Hall–Kier alpha value is -0.650. The van der Waals surface area contributed by atoms with Crippen LogP contribution in [0.3, 0.4) is 0 Å². The number of carboxylic acid groups (broad SMARTS) is 1. The number of carboxylic acids is 1. The van der Waals surface area contributed by atoms with Crippen LogP contribution in [-0.2, 0) is 9.53 Å². The molecule has 5 nitrogen and oxygen atoms in total. The molecule has 1 aliphatic heterocycles. The fraction of sp³-hybridized carbons (Fsp3) is 0.909. The third kappa shape index (κ3) is 4.92.